The van der Waals surface area contributed by atoms with Crippen molar-refractivity contribution < 1.29 is 25.2 Å². The first kappa shape index (κ1) is 12.3. The van der Waals surface area contributed by atoms with Gasteiger partial charge in [-0.25, -0.2) is 0 Å². The molecule has 1 aromatic rings. The minimum atomic E-state index is -2.37. The summed E-state index contributed by atoms with van der Waals surface area (Å²) in [7, 11) is 0. The number of benzene rings is 1. The predicted octanol–water partition coefficient (Wildman–Crippen LogP) is 0.859. The minimum absolute atomic E-state index is 0.165. The molecule has 0 saturated carbocycles. The smallest absolute Gasteiger partial charge is 0.201 e. The van der Waals surface area contributed by atoms with Crippen LogP contribution in [-0.4, -0.2) is 37.9 Å². The second-order valence-corrected chi connectivity index (χ2v) is 4.06. The van der Waals surface area contributed by atoms with E-state index in [1.807, 2.05) is 0 Å². The zero-order chi connectivity index (χ0) is 13.3. The summed E-state index contributed by atoms with van der Waals surface area (Å²) < 4.78 is 0. The van der Waals surface area contributed by atoms with Gasteiger partial charge in [-0.15, -0.1) is 0 Å². The molecule has 0 spiro atoms. The summed E-state index contributed by atoms with van der Waals surface area (Å²) in [6.45, 7) is 0. The van der Waals surface area contributed by atoms with Crippen molar-refractivity contribution in [2.45, 2.75) is 11.7 Å². The SMILES string of the molecule is O=C(c1ccccc1)C1(O)C=C(O)C=C(O)C1O. The molecule has 5 nitrogen and oxygen atoms in total. The van der Waals surface area contributed by atoms with Crippen molar-refractivity contribution >= 4 is 5.78 Å². The molecule has 18 heavy (non-hydrogen) atoms. The van der Waals surface area contributed by atoms with E-state index < -0.39 is 29.0 Å². The lowest BCUT2D eigenvalue weighted by Gasteiger charge is -2.30. The summed E-state index contributed by atoms with van der Waals surface area (Å²) in [6.07, 6.45) is -0.120. The zero-order valence-corrected chi connectivity index (χ0v) is 9.32. The standard InChI is InChI=1S/C13H12O5/c14-9-6-10(15)12(17)13(18,7-9)11(16)8-4-2-1-3-5-8/h1-7,12,14-15,17-18H. The maximum atomic E-state index is 12.1. The van der Waals surface area contributed by atoms with Crippen LogP contribution >= 0.6 is 0 Å². The Hall–Kier alpha value is -2.11. The molecule has 0 heterocycles. The molecule has 2 unspecified atom stereocenters. The topological polar surface area (TPSA) is 98.0 Å². The van der Waals surface area contributed by atoms with Gasteiger partial charge in [0.25, 0.3) is 0 Å². The second-order valence-electron chi connectivity index (χ2n) is 4.06. The Morgan fingerprint density at radius 1 is 1.17 bits per heavy atom. The molecular weight excluding hydrogens is 236 g/mol. The van der Waals surface area contributed by atoms with Gasteiger partial charge in [0.15, 0.2) is 11.7 Å². The zero-order valence-electron chi connectivity index (χ0n) is 9.32. The van der Waals surface area contributed by atoms with Crippen LogP contribution in [0.15, 0.2) is 54.0 Å². The second kappa shape index (κ2) is 4.29. The van der Waals surface area contributed by atoms with Crippen LogP contribution in [0.5, 0.6) is 0 Å². The van der Waals surface area contributed by atoms with Crippen LogP contribution in [0.3, 0.4) is 0 Å². The van der Waals surface area contributed by atoms with E-state index in [0.717, 1.165) is 12.2 Å². The Bertz CT molecular complexity index is 532. The molecule has 0 aliphatic heterocycles. The highest BCUT2D eigenvalue weighted by molar-refractivity contribution is 6.04. The van der Waals surface area contributed by atoms with Crippen molar-refractivity contribution in [3.05, 3.63) is 59.6 Å². The molecule has 1 aromatic carbocycles. The van der Waals surface area contributed by atoms with Crippen LogP contribution in [0.25, 0.3) is 0 Å². The van der Waals surface area contributed by atoms with Crippen molar-refractivity contribution in [2.24, 2.45) is 0 Å². The van der Waals surface area contributed by atoms with Gasteiger partial charge in [-0.05, 0) is 6.08 Å². The number of hydrogen-bond donors (Lipinski definition) is 4. The third kappa shape index (κ3) is 1.90. The molecule has 94 valence electrons. The highest BCUT2D eigenvalue weighted by atomic mass is 16.4. The molecule has 0 bridgehead atoms. The van der Waals surface area contributed by atoms with Crippen LogP contribution in [0.4, 0.5) is 0 Å². The van der Waals surface area contributed by atoms with Crippen molar-refractivity contribution in [3.63, 3.8) is 0 Å². The lowest BCUT2D eigenvalue weighted by Crippen LogP contribution is -2.50. The first-order chi connectivity index (χ1) is 8.45. The maximum absolute atomic E-state index is 12.1. The van der Waals surface area contributed by atoms with Gasteiger partial charge in [-0.3, -0.25) is 4.79 Å². The van der Waals surface area contributed by atoms with Crippen molar-refractivity contribution in [1.29, 1.82) is 0 Å². The van der Waals surface area contributed by atoms with E-state index >= 15 is 0 Å². The van der Waals surface area contributed by atoms with Crippen LogP contribution in [0, 0.1) is 0 Å². The van der Waals surface area contributed by atoms with E-state index in [1.165, 1.54) is 12.1 Å². The van der Waals surface area contributed by atoms with E-state index in [-0.39, 0.29) is 5.56 Å². The van der Waals surface area contributed by atoms with Crippen LogP contribution in [-0.2, 0) is 0 Å². The normalized spacial score (nSPS) is 27.3. The Morgan fingerprint density at radius 2 is 1.78 bits per heavy atom. The monoisotopic (exact) mass is 248 g/mol. The highest BCUT2D eigenvalue weighted by Crippen LogP contribution is 2.28. The fourth-order valence-electron chi connectivity index (χ4n) is 1.81. The van der Waals surface area contributed by atoms with Crippen LogP contribution in [0.1, 0.15) is 10.4 Å². The first-order valence-electron chi connectivity index (χ1n) is 5.28. The summed E-state index contributed by atoms with van der Waals surface area (Å²) >= 11 is 0. The predicted molar refractivity (Wildman–Crippen MR) is 63.2 cm³/mol. The Labute approximate surface area is 103 Å². The lowest BCUT2D eigenvalue weighted by molar-refractivity contribution is -0.0254. The molecule has 1 aliphatic rings. The number of carbonyl (C=O) groups excluding carboxylic acids is 1. The van der Waals surface area contributed by atoms with Gasteiger partial charge in [0.05, 0.1) is 0 Å². The number of aliphatic hydroxyl groups is 4. The molecule has 0 amide bonds. The molecule has 0 aromatic heterocycles. The number of carbonyl (C=O) groups is 1. The van der Waals surface area contributed by atoms with E-state index in [1.54, 1.807) is 18.2 Å². The summed E-state index contributed by atoms with van der Waals surface area (Å²) in [5.74, 6) is -1.95. The molecule has 0 saturated heterocycles. The van der Waals surface area contributed by atoms with Gasteiger partial charge < -0.3 is 20.4 Å². The molecule has 1 aliphatic carbocycles. The van der Waals surface area contributed by atoms with Gasteiger partial charge >= 0.3 is 0 Å². The summed E-state index contributed by atoms with van der Waals surface area (Å²) in [5.41, 5.74) is -2.21. The van der Waals surface area contributed by atoms with E-state index in [4.69, 9.17) is 0 Å². The maximum Gasteiger partial charge on any atom is 0.201 e. The fourth-order valence-corrected chi connectivity index (χ4v) is 1.81. The Morgan fingerprint density at radius 3 is 2.39 bits per heavy atom. The summed E-state index contributed by atoms with van der Waals surface area (Å²) in [6, 6.07) is 7.83. The van der Waals surface area contributed by atoms with Crippen molar-refractivity contribution in [3.8, 4) is 0 Å². The Balaban J connectivity index is 2.44. The molecule has 5 heteroatoms. The number of ketones is 1. The largest absolute Gasteiger partial charge is 0.509 e. The quantitative estimate of drug-likeness (QED) is 0.582. The van der Waals surface area contributed by atoms with E-state index in [0.29, 0.717) is 0 Å². The average Bonchev–Trinajstić information content (AvgIpc) is 2.36. The number of Topliss-reactive ketones (excluding diaryl/α,β-unsaturated/α-hetero) is 1. The van der Waals surface area contributed by atoms with Gasteiger partial charge in [0.1, 0.15) is 11.5 Å². The highest BCUT2D eigenvalue weighted by Gasteiger charge is 2.46. The lowest BCUT2D eigenvalue weighted by atomic mass is 9.83. The van der Waals surface area contributed by atoms with E-state index in [9.17, 15) is 25.2 Å². The Kier molecular flexibility index (Phi) is 2.94. The van der Waals surface area contributed by atoms with Gasteiger partial charge in [-0.2, -0.15) is 0 Å². The van der Waals surface area contributed by atoms with Gasteiger partial charge in [0, 0.05) is 11.6 Å². The third-order valence-electron chi connectivity index (χ3n) is 2.76. The van der Waals surface area contributed by atoms with Gasteiger partial charge in [0.2, 0.25) is 5.78 Å². The third-order valence-corrected chi connectivity index (χ3v) is 2.76. The fraction of sp³-hybridized carbons (Fsp3) is 0.154. The molecule has 2 rings (SSSR count). The summed E-state index contributed by atoms with van der Waals surface area (Å²) in [5, 5.41) is 38.6. The summed E-state index contributed by atoms with van der Waals surface area (Å²) in [4.78, 5) is 12.1. The van der Waals surface area contributed by atoms with Crippen LogP contribution in [0.2, 0.25) is 0 Å². The van der Waals surface area contributed by atoms with Gasteiger partial charge in [-0.1, -0.05) is 30.3 Å². The molecule has 4 N–H and O–H groups in total. The average molecular weight is 248 g/mol. The molecule has 2 atom stereocenters. The van der Waals surface area contributed by atoms with E-state index in [2.05, 4.69) is 0 Å². The molecule has 0 fully saturated rings. The van der Waals surface area contributed by atoms with Crippen molar-refractivity contribution in [2.75, 3.05) is 0 Å². The number of rotatable bonds is 2. The number of allylic oxidation sites excluding steroid dienone is 1. The number of aliphatic hydroxyl groups excluding tert-OH is 3. The molecular formula is C13H12O5. The number of hydrogen-bond acceptors (Lipinski definition) is 5. The van der Waals surface area contributed by atoms with Crippen LogP contribution < -0.4 is 0 Å². The first-order valence-corrected chi connectivity index (χ1v) is 5.28. The molecule has 0 radical (unpaired) electrons. The van der Waals surface area contributed by atoms with Crippen molar-refractivity contribution in [1.82, 2.24) is 0 Å². The minimum Gasteiger partial charge on any atom is -0.509 e.